The molecule has 0 saturated carbocycles. The summed E-state index contributed by atoms with van der Waals surface area (Å²) < 4.78 is 32.3. The molecule has 20 heavy (non-hydrogen) atoms. The molecule has 7 nitrogen and oxygen atoms in total. The molecule has 0 bridgehead atoms. The zero-order valence-corrected chi connectivity index (χ0v) is 12.3. The van der Waals surface area contributed by atoms with Crippen LogP contribution in [0.5, 0.6) is 0 Å². The van der Waals surface area contributed by atoms with Gasteiger partial charge in [0.2, 0.25) is 10.0 Å². The number of sulfonamides is 1. The summed E-state index contributed by atoms with van der Waals surface area (Å²) in [5.74, 6) is 0. The van der Waals surface area contributed by atoms with Crippen LogP contribution in [-0.2, 0) is 21.3 Å². The van der Waals surface area contributed by atoms with Crippen molar-refractivity contribution in [1.82, 2.24) is 14.6 Å². The molecule has 1 aliphatic rings. The molecule has 1 saturated heterocycles. The van der Waals surface area contributed by atoms with Crippen LogP contribution in [0.2, 0.25) is 0 Å². The molecule has 1 atom stereocenters. The molecule has 1 aromatic rings. The van der Waals surface area contributed by atoms with E-state index in [1.165, 1.54) is 12.3 Å². The van der Waals surface area contributed by atoms with Gasteiger partial charge in [-0.3, -0.25) is 4.98 Å². The third-order valence-electron chi connectivity index (χ3n) is 3.16. The number of nitrogens with zero attached hydrogens (tertiary/aromatic N) is 2. The average molecular weight is 300 g/mol. The van der Waals surface area contributed by atoms with Crippen LogP contribution in [0, 0.1) is 0 Å². The van der Waals surface area contributed by atoms with Gasteiger partial charge in [0, 0.05) is 32.4 Å². The van der Waals surface area contributed by atoms with Crippen LogP contribution in [0.3, 0.4) is 0 Å². The Hall–Kier alpha value is -1.06. The lowest BCUT2D eigenvalue weighted by molar-refractivity contribution is -0.0156. The monoisotopic (exact) mass is 300 g/mol. The number of aromatic nitrogens is 1. The number of morpholine rings is 1. The molecule has 112 valence electrons. The van der Waals surface area contributed by atoms with Gasteiger partial charge >= 0.3 is 0 Å². The highest BCUT2D eigenvalue weighted by atomic mass is 32.2. The summed E-state index contributed by atoms with van der Waals surface area (Å²) in [5.41, 5.74) is 6.08. The summed E-state index contributed by atoms with van der Waals surface area (Å²) in [5, 5.41) is 0. The molecule has 1 aliphatic heterocycles. The fourth-order valence-corrected chi connectivity index (χ4v) is 2.98. The lowest BCUT2D eigenvalue weighted by atomic mass is 10.3. The van der Waals surface area contributed by atoms with Crippen LogP contribution in [0.15, 0.2) is 23.2 Å². The van der Waals surface area contributed by atoms with E-state index in [0.29, 0.717) is 18.8 Å². The topological polar surface area (TPSA) is 97.5 Å². The lowest BCUT2D eigenvalue weighted by Gasteiger charge is -2.30. The number of pyridine rings is 1. The van der Waals surface area contributed by atoms with E-state index in [1.807, 2.05) is 7.05 Å². The van der Waals surface area contributed by atoms with Gasteiger partial charge in [0.05, 0.1) is 18.4 Å². The van der Waals surface area contributed by atoms with Gasteiger partial charge in [-0.05, 0) is 19.2 Å². The second-order valence-electron chi connectivity index (χ2n) is 4.80. The minimum Gasteiger partial charge on any atom is -0.374 e. The van der Waals surface area contributed by atoms with E-state index in [9.17, 15) is 8.42 Å². The first-order chi connectivity index (χ1) is 9.51. The van der Waals surface area contributed by atoms with Crippen LogP contribution in [0.4, 0.5) is 0 Å². The van der Waals surface area contributed by atoms with Gasteiger partial charge in [0.1, 0.15) is 4.90 Å². The number of nitrogens with one attached hydrogen (secondary N) is 1. The zero-order valence-electron chi connectivity index (χ0n) is 11.4. The summed E-state index contributed by atoms with van der Waals surface area (Å²) in [6, 6.07) is 3.12. The van der Waals surface area contributed by atoms with Crippen molar-refractivity contribution in [1.29, 1.82) is 0 Å². The Bertz CT molecular complexity index is 532. The van der Waals surface area contributed by atoms with Crippen molar-refractivity contribution in [2.75, 3.05) is 33.3 Å². The predicted molar refractivity (Wildman–Crippen MR) is 74.6 cm³/mol. The van der Waals surface area contributed by atoms with Crippen LogP contribution in [0.1, 0.15) is 5.69 Å². The molecule has 2 heterocycles. The Morgan fingerprint density at radius 3 is 2.95 bits per heavy atom. The highest BCUT2D eigenvalue weighted by molar-refractivity contribution is 7.89. The number of nitrogens with two attached hydrogens (primary N) is 1. The van der Waals surface area contributed by atoms with Gasteiger partial charge in [0.15, 0.2) is 0 Å². The maximum absolute atomic E-state index is 12.1. The first-order valence-corrected chi connectivity index (χ1v) is 7.94. The minimum absolute atomic E-state index is 0.125. The smallest absolute Gasteiger partial charge is 0.242 e. The molecule has 8 heteroatoms. The summed E-state index contributed by atoms with van der Waals surface area (Å²) >= 11 is 0. The van der Waals surface area contributed by atoms with Crippen molar-refractivity contribution in [3.05, 3.63) is 24.0 Å². The maximum atomic E-state index is 12.1. The van der Waals surface area contributed by atoms with Crippen molar-refractivity contribution in [2.45, 2.75) is 17.5 Å². The van der Waals surface area contributed by atoms with Crippen LogP contribution in [-0.4, -0.2) is 57.7 Å². The van der Waals surface area contributed by atoms with Gasteiger partial charge in [0.25, 0.3) is 0 Å². The molecule has 0 spiro atoms. The van der Waals surface area contributed by atoms with Crippen molar-refractivity contribution in [3.8, 4) is 0 Å². The first-order valence-electron chi connectivity index (χ1n) is 6.46. The third-order valence-corrected chi connectivity index (χ3v) is 4.57. The van der Waals surface area contributed by atoms with E-state index in [-0.39, 0.29) is 24.1 Å². The van der Waals surface area contributed by atoms with Crippen LogP contribution in [0.25, 0.3) is 0 Å². The van der Waals surface area contributed by atoms with Crippen molar-refractivity contribution < 1.29 is 13.2 Å². The second kappa shape index (κ2) is 6.59. The number of hydrogen-bond donors (Lipinski definition) is 2. The van der Waals surface area contributed by atoms with Gasteiger partial charge in [-0.1, -0.05) is 0 Å². The van der Waals surface area contributed by atoms with Crippen molar-refractivity contribution >= 4 is 10.0 Å². The molecule has 1 fully saturated rings. The fourth-order valence-electron chi connectivity index (χ4n) is 1.97. The van der Waals surface area contributed by atoms with E-state index in [1.54, 1.807) is 6.07 Å². The molecule has 3 N–H and O–H groups in total. The molecule has 1 unspecified atom stereocenters. The Balaban J connectivity index is 1.96. The van der Waals surface area contributed by atoms with Gasteiger partial charge in [-0.2, -0.15) is 0 Å². The molecule has 2 rings (SSSR count). The van der Waals surface area contributed by atoms with Crippen LogP contribution < -0.4 is 10.5 Å². The summed E-state index contributed by atoms with van der Waals surface area (Å²) in [6.07, 6.45) is 1.19. The van der Waals surface area contributed by atoms with Crippen molar-refractivity contribution in [3.63, 3.8) is 0 Å². The highest BCUT2D eigenvalue weighted by Crippen LogP contribution is 2.09. The molecule has 1 aromatic heterocycles. The Morgan fingerprint density at radius 1 is 1.55 bits per heavy atom. The summed E-state index contributed by atoms with van der Waals surface area (Å²) in [4.78, 5) is 6.24. The fraction of sp³-hybridized carbons (Fsp3) is 0.583. The quantitative estimate of drug-likeness (QED) is 0.735. The number of hydrogen-bond acceptors (Lipinski definition) is 6. The third kappa shape index (κ3) is 3.97. The lowest BCUT2D eigenvalue weighted by Crippen LogP contribution is -2.45. The zero-order chi connectivity index (χ0) is 14.6. The Kier molecular flexibility index (Phi) is 5.06. The number of ether oxygens (including phenoxy) is 1. The normalized spacial score (nSPS) is 21.0. The minimum atomic E-state index is -3.55. The van der Waals surface area contributed by atoms with Gasteiger partial charge in [-0.15, -0.1) is 0 Å². The molecule has 0 aromatic carbocycles. The summed E-state index contributed by atoms with van der Waals surface area (Å²) in [6.45, 7) is 2.75. The Labute approximate surface area is 119 Å². The average Bonchev–Trinajstić information content (AvgIpc) is 2.45. The SMILES string of the molecule is CN1CCOC(CNS(=O)(=O)c2ccc(CN)nc2)C1. The molecule has 0 amide bonds. The van der Waals surface area contributed by atoms with Gasteiger partial charge in [-0.25, -0.2) is 13.1 Å². The molecule has 0 aliphatic carbocycles. The van der Waals surface area contributed by atoms with Crippen LogP contribution >= 0.6 is 0 Å². The van der Waals surface area contributed by atoms with Crippen molar-refractivity contribution in [2.24, 2.45) is 5.73 Å². The number of rotatable bonds is 5. The molecular weight excluding hydrogens is 280 g/mol. The number of likely N-dealkylation sites (N-methyl/N-ethyl adjacent to an activating group) is 1. The van der Waals surface area contributed by atoms with Gasteiger partial charge < -0.3 is 15.4 Å². The summed E-state index contributed by atoms with van der Waals surface area (Å²) in [7, 11) is -1.57. The van der Waals surface area contributed by atoms with E-state index in [2.05, 4.69) is 14.6 Å². The highest BCUT2D eigenvalue weighted by Gasteiger charge is 2.21. The van der Waals surface area contributed by atoms with E-state index in [0.717, 1.165) is 6.54 Å². The maximum Gasteiger partial charge on any atom is 0.242 e. The molecular formula is C12H20N4O3S. The predicted octanol–water partition coefficient (Wildman–Crippen LogP) is -0.851. The largest absolute Gasteiger partial charge is 0.374 e. The Morgan fingerprint density at radius 2 is 2.35 bits per heavy atom. The van der Waals surface area contributed by atoms with E-state index in [4.69, 9.17) is 10.5 Å². The first kappa shape index (κ1) is 15.3. The second-order valence-corrected chi connectivity index (χ2v) is 6.56. The standard InChI is InChI=1S/C12H20N4O3S/c1-16-4-5-19-11(9-16)7-15-20(17,18)12-3-2-10(6-13)14-8-12/h2-3,8,11,15H,4-7,9,13H2,1H3. The van der Waals surface area contributed by atoms with E-state index >= 15 is 0 Å². The molecule has 0 radical (unpaired) electrons. The van der Waals surface area contributed by atoms with E-state index < -0.39 is 10.0 Å².